The van der Waals surface area contributed by atoms with Crippen molar-refractivity contribution in [2.75, 3.05) is 5.75 Å². The Morgan fingerprint density at radius 2 is 2.05 bits per heavy atom. The summed E-state index contributed by atoms with van der Waals surface area (Å²) < 4.78 is 2.40. The van der Waals surface area contributed by atoms with Crippen molar-refractivity contribution in [1.82, 2.24) is 14.1 Å². The lowest BCUT2D eigenvalue weighted by atomic mass is 10.2. The highest BCUT2D eigenvalue weighted by Gasteiger charge is 2.15. The van der Waals surface area contributed by atoms with Gasteiger partial charge in [-0.2, -0.15) is 4.09 Å². The fourth-order valence-corrected chi connectivity index (χ4v) is 3.96. The van der Waals surface area contributed by atoms with Crippen molar-refractivity contribution in [3.8, 4) is 11.4 Å². The van der Waals surface area contributed by atoms with Gasteiger partial charge in [-0.1, -0.05) is 49.0 Å². The summed E-state index contributed by atoms with van der Waals surface area (Å²) >= 11 is 9.04. The third kappa shape index (κ3) is 2.34. The highest BCUT2D eigenvalue weighted by atomic mass is 35.5. The van der Waals surface area contributed by atoms with Crippen molar-refractivity contribution >= 4 is 45.2 Å². The lowest BCUT2D eigenvalue weighted by molar-refractivity contribution is 1.08. The predicted octanol–water partition coefficient (Wildman–Crippen LogP) is 3.63. The molecular weight excluding hydrogens is 314 g/mol. The van der Waals surface area contributed by atoms with E-state index >= 15 is 0 Å². The first-order valence-electron chi connectivity index (χ1n) is 5.98. The normalized spacial score (nSPS) is 11.1. The number of halogens is 1. The van der Waals surface area contributed by atoms with E-state index < -0.39 is 0 Å². The van der Waals surface area contributed by atoms with E-state index in [1.54, 1.807) is 11.8 Å². The van der Waals surface area contributed by atoms with E-state index in [0.717, 1.165) is 19.7 Å². The second-order valence-corrected chi connectivity index (χ2v) is 6.80. The van der Waals surface area contributed by atoms with E-state index in [1.807, 2.05) is 37.3 Å². The molecule has 0 N–H and O–H groups in total. The van der Waals surface area contributed by atoms with Gasteiger partial charge < -0.3 is 0 Å². The molecule has 0 amide bonds. The Morgan fingerprint density at radius 1 is 1.30 bits per heavy atom. The maximum absolute atomic E-state index is 12.3. The van der Waals surface area contributed by atoms with E-state index in [-0.39, 0.29) is 5.56 Å². The fourth-order valence-electron chi connectivity index (χ4n) is 1.79. The number of thiazole rings is 1. The average molecular weight is 324 g/mol. The van der Waals surface area contributed by atoms with Gasteiger partial charge in [0.25, 0.3) is 5.56 Å². The molecule has 2 heterocycles. The molecule has 0 fully saturated rings. The summed E-state index contributed by atoms with van der Waals surface area (Å²) in [5.74, 6) is 1.32. The minimum absolute atomic E-state index is 0.268. The van der Waals surface area contributed by atoms with Crippen molar-refractivity contribution < 1.29 is 0 Å². The second-order valence-electron chi connectivity index (χ2n) is 3.95. The topological polar surface area (TPSA) is 47.8 Å². The molecule has 3 aromatic rings. The number of hydrogen-bond donors (Lipinski definition) is 0. The van der Waals surface area contributed by atoms with Gasteiger partial charge in [0.1, 0.15) is 4.70 Å². The van der Waals surface area contributed by atoms with Crippen LogP contribution in [0.5, 0.6) is 0 Å². The van der Waals surface area contributed by atoms with Gasteiger partial charge in [-0.3, -0.25) is 4.79 Å². The van der Waals surface area contributed by atoms with Gasteiger partial charge in [-0.15, -0.1) is 11.3 Å². The smallest absolute Gasteiger partial charge is 0.266 e. The van der Waals surface area contributed by atoms with E-state index in [0.29, 0.717) is 16.2 Å². The predicted molar refractivity (Wildman–Crippen MR) is 84.8 cm³/mol. The van der Waals surface area contributed by atoms with Crippen molar-refractivity contribution in [2.45, 2.75) is 11.3 Å². The number of aromatic nitrogens is 3. The summed E-state index contributed by atoms with van der Waals surface area (Å²) in [5, 5.41) is 0. The molecule has 0 spiro atoms. The van der Waals surface area contributed by atoms with Gasteiger partial charge in [-0.05, 0) is 5.75 Å². The van der Waals surface area contributed by atoms with E-state index in [4.69, 9.17) is 11.8 Å². The summed E-state index contributed by atoms with van der Waals surface area (Å²) in [5.41, 5.74) is 0.988. The van der Waals surface area contributed by atoms with Crippen LogP contribution in [-0.2, 0) is 0 Å². The Labute approximate surface area is 128 Å². The first-order valence-corrected chi connectivity index (χ1v) is 8.12. The number of thioether (sulfide) groups is 1. The molecule has 0 atom stereocenters. The molecule has 0 bridgehead atoms. The van der Waals surface area contributed by atoms with Crippen LogP contribution in [0.1, 0.15) is 6.92 Å². The minimum Gasteiger partial charge on any atom is -0.266 e. The van der Waals surface area contributed by atoms with Crippen LogP contribution in [0.15, 0.2) is 39.5 Å². The molecule has 0 saturated carbocycles. The molecule has 0 saturated heterocycles. The molecule has 1 aromatic carbocycles. The lowest BCUT2D eigenvalue weighted by Gasteiger charge is -2.03. The highest BCUT2D eigenvalue weighted by Crippen LogP contribution is 2.28. The SMILES string of the molecule is CCSc1nc2nc(-c3ccccc3)n(Cl)c(=O)c2s1. The largest absolute Gasteiger partial charge is 0.288 e. The summed E-state index contributed by atoms with van der Waals surface area (Å²) in [4.78, 5) is 21.1. The van der Waals surface area contributed by atoms with Gasteiger partial charge in [0.15, 0.2) is 15.8 Å². The molecule has 102 valence electrons. The standard InChI is InChI=1S/C13H10ClN3OS2/c1-2-19-13-16-10-9(20-13)12(18)17(14)11(15-10)8-6-4-3-5-7-8/h3-7H,2H2,1H3. The minimum atomic E-state index is -0.268. The zero-order valence-electron chi connectivity index (χ0n) is 10.5. The summed E-state index contributed by atoms with van der Waals surface area (Å²) in [6, 6.07) is 9.38. The Bertz CT molecular complexity index is 814. The molecule has 0 aliphatic carbocycles. The van der Waals surface area contributed by atoms with Crippen LogP contribution in [0.2, 0.25) is 0 Å². The molecule has 20 heavy (non-hydrogen) atoms. The molecule has 3 rings (SSSR count). The maximum Gasteiger partial charge on any atom is 0.288 e. The number of benzene rings is 1. The Kier molecular flexibility index (Phi) is 3.78. The fraction of sp³-hybridized carbons (Fsp3) is 0.154. The average Bonchev–Trinajstić information content (AvgIpc) is 2.87. The Hall–Kier alpha value is -1.37. The third-order valence-corrected chi connectivity index (χ3v) is 5.03. The van der Waals surface area contributed by atoms with Crippen LogP contribution in [0.3, 0.4) is 0 Å². The van der Waals surface area contributed by atoms with Crippen molar-refractivity contribution in [3.05, 3.63) is 40.7 Å². The molecule has 4 nitrogen and oxygen atoms in total. The Balaban J connectivity index is 2.25. The van der Waals surface area contributed by atoms with Crippen molar-refractivity contribution in [1.29, 1.82) is 0 Å². The summed E-state index contributed by atoms with van der Waals surface area (Å²) in [7, 11) is 0. The third-order valence-electron chi connectivity index (χ3n) is 2.66. The van der Waals surface area contributed by atoms with Crippen LogP contribution < -0.4 is 5.56 Å². The molecule has 2 aromatic heterocycles. The van der Waals surface area contributed by atoms with Gasteiger partial charge >= 0.3 is 0 Å². The zero-order valence-corrected chi connectivity index (χ0v) is 12.9. The summed E-state index contributed by atoms with van der Waals surface area (Å²) in [6.07, 6.45) is 0. The number of fused-ring (bicyclic) bond motifs is 1. The van der Waals surface area contributed by atoms with Crippen LogP contribution in [0, 0.1) is 0 Å². The van der Waals surface area contributed by atoms with Crippen LogP contribution in [0.4, 0.5) is 0 Å². The zero-order chi connectivity index (χ0) is 14.1. The van der Waals surface area contributed by atoms with Gasteiger partial charge in [-0.25, -0.2) is 9.97 Å². The molecular formula is C13H10ClN3OS2. The van der Waals surface area contributed by atoms with E-state index in [1.165, 1.54) is 11.3 Å². The van der Waals surface area contributed by atoms with E-state index in [2.05, 4.69) is 9.97 Å². The monoisotopic (exact) mass is 323 g/mol. The number of rotatable bonds is 3. The van der Waals surface area contributed by atoms with Gasteiger partial charge in [0, 0.05) is 17.3 Å². The van der Waals surface area contributed by atoms with Crippen molar-refractivity contribution in [3.63, 3.8) is 0 Å². The number of nitrogens with zero attached hydrogens (tertiary/aromatic N) is 3. The first kappa shape index (κ1) is 13.6. The first-order chi connectivity index (χ1) is 9.70. The van der Waals surface area contributed by atoms with Crippen LogP contribution in [0.25, 0.3) is 21.7 Å². The molecule has 0 aliphatic rings. The highest BCUT2D eigenvalue weighted by molar-refractivity contribution is 8.01. The quantitative estimate of drug-likeness (QED) is 0.690. The van der Waals surface area contributed by atoms with E-state index in [9.17, 15) is 4.79 Å². The Morgan fingerprint density at radius 3 is 2.75 bits per heavy atom. The van der Waals surface area contributed by atoms with Gasteiger partial charge in [0.2, 0.25) is 0 Å². The van der Waals surface area contributed by atoms with Gasteiger partial charge in [0.05, 0.1) is 0 Å². The maximum atomic E-state index is 12.3. The number of hydrogen-bond acceptors (Lipinski definition) is 5. The molecule has 0 unspecified atom stereocenters. The molecule has 0 aliphatic heterocycles. The van der Waals surface area contributed by atoms with Crippen LogP contribution >= 0.6 is 34.9 Å². The molecule has 7 heteroatoms. The van der Waals surface area contributed by atoms with Crippen molar-refractivity contribution in [2.24, 2.45) is 0 Å². The molecule has 0 radical (unpaired) electrons. The lowest BCUT2D eigenvalue weighted by Crippen LogP contribution is -2.15. The van der Waals surface area contributed by atoms with Crippen LogP contribution in [-0.4, -0.2) is 19.8 Å². The summed E-state index contributed by atoms with van der Waals surface area (Å²) in [6.45, 7) is 2.04. The second kappa shape index (κ2) is 5.55.